The Bertz CT molecular complexity index is 317. The van der Waals surface area contributed by atoms with Crippen molar-refractivity contribution in [2.75, 3.05) is 45.9 Å². The maximum Gasteiger partial charge on any atom is 0.245 e. The fraction of sp³-hybridized carbons (Fsp3) is 0.933. The van der Waals surface area contributed by atoms with E-state index in [0.717, 1.165) is 45.6 Å². The first-order valence-corrected chi connectivity index (χ1v) is 7.97. The molecule has 0 aliphatic carbocycles. The molecule has 116 valence electrons. The van der Waals surface area contributed by atoms with Crippen LogP contribution < -0.4 is 5.73 Å². The first-order valence-electron chi connectivity index (χ1n) is 7.97. The molecule has 2 aliphatic rings. The molecule has 5 nitrogen and oxygen atoms in total. The van der Waals surface area contributed by atoms with Crippen molar-refractivity contribution in [3.8, 4) is 0 Å². The van der Waals surface area contributed by atoms with Crippen molar-refractivity contribution in [2.45, 2.75) is 38.6 Å². The van der Waals surface area contributed by atoms with Crippen molar-refractivity contribution in [2.24, 2.45) is 11.7 Å². The van der Waals surface area contributed by atoms with E-state index in [4.69, 9.17) is 10.5 Å². The molecule has 2 aliphatic heterocycles. The van der Waals surface area contributed by atoms with Gasteiger partial charge in [-0.1, -0.05) is 13.8 Å². The number of carbonyl (C=O) groups is 1. The molecule has 0 aromatic heterocycles. The molecule has 5 heteroatoms. The maximum atomic E-state index is 12.5. The molecule has 0 aromatic carbocycles. The minimum Gasteiger partial charge on any atom is -0.379 e. The zero-order valence-corrected chi connectivity index (χ0v) is 12.9. The number of hydrogen-bond acceptors (Lipinski definition) is 4. The van der Waals surface area contributed by atoms with Crippen molar-refractivity contribution >= 4 is 5.91 Å². The van der Waals surface area contributed by atoms with E-state index in [0.29, 0.717) is 25.6 Å². The van der Waals surface area contributed by atoms with Gasteiger partial charge in [-0.15, -0.1) is 0 Å². The Kier molecular flexibility index (Phi) is 5.41. The summed E-state index contributed by atoms with van der Waals surface area (Å²) in [5.74, 6) is 0.809. The summed E-state index contributed by atoms with van der Waals surface area (Å²) in [7, 11) is 0. The van der Waals surface area contributed by atoms with Crippen molar-refractivity contribution in [3.63, 3.8) is 0 Å². The summed E-state index contributed by atoms with van der Waals surface area (Å²) in [6.07, 6.45) is 2.85. The number of nitrogens with two attached hydrogens (primary N) is 1. The van der Waals surface area contributed by atoms with Crippen molar-refractivity contribution < 1.29 is 9.53 Å². The van der Waals surface area contributed by atoms with Gasteiger partial charge in [-0.25, -0.2) is 0 Å². The first kappa shape index (κ1) is 15.7. The van der Waals surface area contributed by atoms with Crippen molar-refractivity contribution in [1.82, 2.24) is 9.80 Å². The lowest BCUT2D eigenvalue weighted by molar-refractivity contribution is -0.138. The highest BCUT2D eigenvalue weighted by Gasteiger charge is 2.41. The second kappa shape index (κ2) is 6.87. The monoisotopic (exact) mass is 283 g/mol. The van der Waals surface area contributed by atoms with Gasteiger partial charge in [0.15, 0.2) is 0 Å². The smallest absolute Gasteiger partial charge is 0.245 e. The quantitative estimate of drug-likeness (QED) is 0.806. The summed E-state index contributed by atoms with van der Waals surface area (Å²) in [6, 6.07) is 0. The van der Waals surface area contributed by atoms with Gasteiger partial charge in [0.2, 0.25) is 5.91 Å². The van der Waals surface area contributed by atoms with Crippen LogP contribution in [-0.2, 0) is 9.53 Å². The van der Waals surface area contributed by atoms with Crippen LogP contribution in [0.25, 0.3) is 0 Å². The average molecular weight is 283 g/mol. The number of amides is 1. The largest absolute Gasteiger partial charge is 0.379 e. The molecule has 0 spiro atoms. The number of likely N-dealkylation sites (tertiary alicyclic amines) is 1. The minimum atomic E-state index is -0.758. The molecule has 2 fully saturated rings. The predicted octanol–water partition coefficient (Wildman–Crippen LogP) is 0.685. The number of piperidine rings is 1. The van der Waals surface area contributed by atoms with Crippen LogP contribution in [-0.4, -0.2) is 67.2 Å². The molecular weight excluding hydrogens is 254 g/mol. The van der Waals surface area contributed by atoms with Gasteiger partial charge in [-0.05, 0) is 38.3 Å². The van der Waals surface area contributed by atoms with Gasteiger partial charge in [0.05, 0.1) is 6.61 Å². The SMILES string of the molecule is CCN(CC)CC1CCN(C(=O)C2(N)CCOC2)CC1. The van der Waals surface area contributed by atoms with Crippen LogP contribution in [0, 0.1) is 5.92 Å². The van der Waals surface area contributed by atoms with E-state index < -0.39 is 5.54 Å². The Balaban J connectivity index is 1.80. The molecule has 1 atom stereocenters. The van der Waals surface area contributed by atoms with E-state index >= 15 is 0 Å². The van der Waals surface area contributed by atoms with Crippen molar-refractivity contribution in [1.29, 1.82) is 0 Å². The third-order valence-corrected chi connectivity index (χ3v) is 4.79. The zero-order valence-electron chi connectivity index (χ0n) is 12.9. The molecule has 2 rings (SSSR count). The molecule has 2 saturated heterocycles. The third-order valence-electron chi connectivity index (χ3n) is 4.79. The Morgan fingerprint density at radius 3 is 2.50 bits per heavy atom. The lowest BCUT2D eigenvalue weighted by Gasteiger charge is -2.37. The van der Waals surface area contributed by atoms with Gasteiger partial charge in [-0.2, -0.15) is 0 Å². The number of rotatable bonds is 5. The van der Waals surface area contributed by atoms with E-state index in [-0.39, 0.29) is 5.91 Å². The molecule has 2 heterocycles. The van der Waals surface area contributed by atoms with Crippen LogP contribution in [0.5, 0.6) is 0 Å². The fourth-order valence-electron chi connectivity index (χ4n) is 3.23. The summed E-state index contributed by atoms with van der Waals surface area (Å²) in [6.45, 7) is 10.5. The van der Waals surface area contributed by atoms with Crippen LogP contribution >= 0.6 is 0 Å². The van der Waals surface area contributed by atoms with E-state index in [9.17, 15) is 4.79 Å². The minimum absolute atomic E-state index is 0.0938. The highest BCUT2D eigenvalue weighted by molar-refractivity contribution is 5.86. The molecular formula is C15H29N3O2. The molecule has 1 unspecified atom stereocenters. The van der Waals surface area contributed by atoms with Gasteiger partial charge in [-0.3, -0.25) is 4.79 Å². The van der Waals surface area contributed by atoms with Gasteiger partial charge in [0.1, 0.15) is 5.54 Å². The summed E-state index contributed by atoms with van der Waals surface area (Å²) >= 11 is 0. The summed E-state index contributed by atoms with van der Waals surface area (Å²) in [4.78, 5) is 16.9. The van der Waals surface area contributed by atoms with Crippen LogP contribution in [0.4, 0.5) is 0 Å². The van der Waals surface area contributed by atoms with Gasteiger partial charge in [0.25, 0.3) is 0 Å². The highest BCUT2D eigenvalue weighted by atomic mass is 16.5. The lowest BCUT2D eigenvalue weighted by Crippen LogP contribution is -2.57. The molecule has 1 amide bonds. The Hall–Kier alpha value is -0.650. The standard InChI is InChI=1S/C15H29N3O2/c1-3-17(4-2)11-13-5-8-18(9-6-13)14(19)15(16)7-10-20-12-15/h13H,3-12,16H2,1-2H3. The average Bonchev–Trinajstić information content (AvgIpc) is 2.92. The number of carbonyl (C=O) groups excluding carboxylic acids is 1. The second-order valence-electron chi connectivity index (χ2n) is 6.18. The zero-order chi connectivity index (χ0) is 14.6. The number of ether oxygens (including phenoxy) is 1. The summed E-state index contributed by atoms with van der Waals surface area (Å²) < 4.78 is 5.30. The summed E-state index contributed by atoms with van der Waals surface area (Å²) in [5.41, 5.74) is 5.41. The molecule has 20 heavy (non-hydrogen) atoms. The van der Waals surface area contributed by atoms with Crippen LogP contribution in [0.1, 0.15) is 33.1 Å². The number of hydrogen-bond donors (Lipinski definition) is 1. The fourth-order valence-corrected chi connectivity index (χ4v) is 3.23. The maximum absolute atomic E-state index is 12.5. The van der Waals surface area contributed by atoms with Gasteiger partial charge in [0, 0.05) is 26.2 Å². The van der Waals surface area contributed by atoms with E-state index in [1.807, 2.05) is 4.90 Å². The second-order valence-corrected chi connectivity index (χ2v) is 6.18. The van der Waals surface area contributed by atoms with Gasteiger partial charge >= 0.3 is 0 Å². The third kappa shape index (κ3) is 3.51. The van der Waals surface area contributed by atoms with E-state index in [2.05, 4.69) is 18.7 Å². The Labute approximate surface area is 122 Å². The van der Waals surface area contributed by atoms with Crippen LogP contribution in [0.3, 0.4) is 0 Å². The molecule has 0 aromatic rings. The van der Waals surface area contributed by atoms with E-state index in [1.165, 1.54) is 0 Å². The lowest BCUT2D eigenvalue weighted by atomic mass is 9.92. The van der Waals surface area contributed by atoms with Crippen LogP contribution in [0.2, 0.25) is 0 Å². The topological polar surface area (TPSA) is 58.8 Å². The predicted molar refractivity (Wildman–Crippen MR) is 79.4 cm³/mol. The molecule has 0 radical (unpaired) electrons. The summed E-state index contributed by atoms with van der Waals surface area (Å²) in [5, 5.41) is 0. The Morgan fingerprint density at radius 2 is 2.00 bits per heavy atom. The van der Waals surface area contributed by atoms with Gasteiger partial charge < -0.3 is 20.3 Å². The number of nitrogens with zero attached hydrogens (tertiary/aromatic N) is 2. The highest BCUT2D eigenvalue weighted by Crippen LogP contribution is 2.24. The van der Waals surface area contributed by atoms with Crippen LogP contribution in [0.15, 0.2) is 0 Å². The first-order chi connectivity index (χ1) is 9.59. The Morgan fingerprint density at radius 1 is 1.35 bits per heavy atom. The van der Waals surface area contributed by atoms with Crippen molar-refractivity contribution in [3.05, 3.63) is 0 Å². The molecule has 0 bridgehead atoms. The normalized spacial score (nSPS) is 28.3. The molecule has 0 saturated carbocycles. The molecule has 2 N–H and O–H groups in total. The van der Waals surface area contributed by atoms with E-state index in [1.54, 1.807) is 0 Å².